The van der Waals surface area contributed by atoms with Gasteiger partial charge in [0.25, 0.3) is 5.91 Å². The smallest absolute Gasteiger partial charge is 0.271 e. The zero-order valence-corrected chi connectivity index (χ0v) is 15.6. The summed E-state index contributed by atoms with van der Waals surface area (Å²) >= 11 is 6.11. The van der Waals surface area contributed by atoms with E-state index >= 15 is 0 Å². The molecule has 0 spiro atoms. The highest BCUT2D eigenvalue weighted by Gasteiger charge is 2.31. The average Bonchev–Trinajstić information content (AvgIpc) is 3.03. The van der Waals surface area contributed by atoms with E-state index in [2.05, 4.69) is 6.07 Å². The number of fused-ring (bicyclic) bond motifs is 1. The monoisotopic (exact) mass is 379 g/mol. The molecule has 6 heteroatoms. The van der Waals surface area contributed by atoms with Gasteiger partial charge in [0.15, 0.2) is 0 Å². The first-order valence-electron chi connectivity index (χ1n) is 8.72. The van der Waals surface area contributed by atoms with Crippen molar-refractivity contribution in [2.75, 3.05) is 19.8 Å². The van der Waals surface area contributed by atoms with E-state index in [0.717, 1.165) is 16.5 Å². The largest absolute Gasteiger partial charge is 0.377 e. The highest BCUT2D eigenvalue weighted by molar-refractivity contribution is 6.31. The molecule has 1 amide bonds. The predicted octanol–water partition coefficient (Wildman–Crippen LogP) is 3.92. The van der Waals surface area contributed by atoms with Crippen LogP contribution in [0.2, 0.25) is 5.02 Å². The zero-order chi connectivity index (χ0) is 19.0. The minimum absolute atomic E-state index is 0.0394. The molecule has 1 saturated heterocycles. The standard InChI is InChI=1S/C21H18ClN3O2/c1-24-18-11-17(22)7-6-16(18)10-19(24)21(26)25-8-9-27-13-20(25)15-4-2-14(12-23)3-5-15/h2-7,10-11,20H,8-9,13H2,1H3. The molecule has 3 aromatic rings. The van der Waals surface area contributed by atoms with Gasteiger partial charge in [-0.15, -0.1) is 0 Å². The van der Waals surface area contributed by atoms with Crippen molar-refractivity contribution in [1.82, 2.24) is 9.47 Å². The maximum Gasteiger partial charge on any atom is 0.271 e. The Balaban J connectivity index is 1.70. The molecule has 136 valence electrons. The molecule has 1 aliphatic rings. The Morgan fingerprint density at radius 2 is 2.00 bits per heavy atom. The van der Waals surface area contributed by atoms with Crippen molar-refractivity contribution in [2.45, 2.75) is 6.04 Å². The molecular weight excluding hydrogens is 362 g/mol. The second kappa shape index (κ2) is 7.07. The molecule has 2 heterocycles. The number of hydrogen-bond donors (Lipinski definition) is 0. The number of ether oxygens (including phenoxy) is 1. The van der Waals surface area contributed by atoms with E-state index in [-0.39, 0.29) is 11.9 Å². The SMILES string of the molecule is Cn1c(C(=O)N2CCOCC2c2ccc(C#N)cc2)cc2ccc(Cl)cc21. The van der Waals surface area contributed by atoms with E-state index in [0.29, 0.717) is 36.0 Å². The summed E-state index contributed by atoms with van der Waals surface area (Å²) in [5.41, 5.74) is 3.10. The summed E-state index contributed by atoms with van der Waals surface area (Å²) in [5.74, 6) is -0.0394. The number of morpholine rings is 1. The van der Waals surface area contributed by atoms with Crippen molar-refractivity contribution >= 4 is 28.4 Å². The van der Waals surface area contributed by atoms with Crippen LogP contribution in [0.15, 0.2) is 48.5 Å². The number of nitriles is 1. The predicted molar refractivity (Wildman–Crippen MR) is 104 cm³/mol. The lowest BCUT2D eigenvalue weighted by Crippen LogP contribution is -2.43. The second-order valence-corrected chi connectivity index (χ2v) is 7.05. The lowest BCUT2D eigenvalue weighted by atomic mass is 10.0. The first-order chi connectivity index (χ1) is 13.1. The summed E-state index contributed by atoms with van der Waals surface area (Å²) in [6.45, 7) is 1.47. The molecule has 1 fully saturated rings. The van der Waals surface area contributed by atoms with Crippen LogP contribution in [0.3, 0.4) is 0 Å². The molecule has 1 atom stereocenters. The third-order valence-corrected chi connectivity index (χ3v) is 5.28. The first-order valence-corrected chi connectivity index (χ1v) is 9.10. The van der Waals surface area contributed by atoms with E-state index in [1.807, 2.05) is 52.9 Å². The molecule has 0 bridgehead atoms. The Kier molecular flexibility index (Phi) is 4.61. The van der Waals surface area contributed by atoms with Crippen LogP contribution in [0, 0.1) is 11.3 Å². The number of rotatable bonds is 2. The molecule has 0 aliphatic carbocycles. The van der Waals surface area contributed by atoms with Gasteiger partial charge in [0.05, 0.1) is 30.9 Å². The highest BCUT2D eigenvalue weighted by Crippen LogP contribution is 2.29. The molecule has 27 heavy (non-hydrogen) atoms. The molecule has 5 nitrogen and oxygen atoms in total. The summed E-state index contributed by atoms with van der Waals surface area (Å²) in [7, 11) is 1.88. The van der Waals surface area contributed by atoms with Crippen LogP contribution in [0.1, 0.15) is 27.7 Å². The van der Waals surface area contributed by atoms with Gasteiger partial charge in [-0.2, -0.15) is 5.26 Å². The Labute approximate surface area is 162 Å². The van der Waals surface area contributed by atoms with Crippen molar-refractivity contribution in [3.05, 3.63) is 70.4 Å². The van der Waals surface area contributed by atoms with E-state index in [9.17, 15) is 4.79 Å². The fraction of sp³-hybridized carbons (Fsp3) is 0.238. The number of aromatic nitrogens is 1. The van der Waals surface area contributed by atoms with Crippen LogP contribution in [0.5, 0.6) is 0 Å². The van der Waals surface area contributed by atoms with Crippen LogP contribution < -0.4 is 0 Å². The normalized spacial score (nSPS) is 17.1. The number of benzene rings is 2. The molecule has 0 saturated carbocycles. The van der Waals surface area contributed by atoms with Crippen LogP contribution in [0.4, 0.5) is 0 Å². The fourth-order valence-electron chi connectivity index (χ4n) is 3.56. The van der Waals surface area contributed by atoms with Gasteiger partial charge in [-0.1, -0.05) is 29.8 Å². The average molecular weight is 380 g/mol. The number of aryl methyl sites for hydroxylation is 1. The zero-order valence-electron chi connectivity index (χ0n) is 14.9. The molecule has 2 aromatic carbocycles. The molecule has 0 N–H and O–H groups in total. The molecular formula is C21H18ClN3O2. The van der Waals surface area contributed by atoms with E-state index in [1.54, 1.807) is 12.1 Å². The number of carbonyl (C=O) groups is 1. The van der Waals surface area contributed by atoms with Gasteiger partial charge in [-0.25, -0.2) is 0 Å². The van der Waals surface area contributed by atoms with Crippen molar-refractivity contribution in [1.29, 1.82) is 5.26 Å². The minimum Gasteiger partial charge on any atom is -0.377 e. The molecule has 1 unspecified atom stereocenters. The highest BCUT2D eigenvalue weighted by atomic mass is 35.5. The molecule has 1 aromatic heterocycles. The summed E-state index contributed by atoms with van der Waals surface area (Å²) < 4.78 is 7.51. The summed E-state index contributed by atoms with van der Waals surface area (Å²) in [6.07, 6.45) is 0. The third kappa shape index (κ3) is 3.18. The van der Waals surface area contributed by atoms with Gasteiger partial charge in [-0.3, -0.25) is 4.79 Å². The third-order valence-electron chi connectivity index (χ3n) is 5.04. The maximum absolute atomic E-state index is 13.3. The summed E-state index contributed by atoms with van der Waals surface area (Å²) in [4.78, 5) is 15.2. The van der Waals surface area contributed by atoms with E-state index < -0.39 is 0 Å². The van der Waals surface area contributed by atoms with E-state index in [1.165, 1.54) is 0 Å². The van der Waals surface area contributed by atoms with Gasteiger partial charge in [0, 0.05) is 29.5 Å². The minimum atomic E-state index is -0.180. The Morgan fingerprint density at radius 1 is 1.22 bits per heavy atom. The number of halogens is 1. The first kappa shape index (κ1) is 17.6. The van der Waals surface area contributed by atoms with Crippen molar-refractivity contribution in [2.24, 2.45) is 7.05 Å². The lowest BCUT2D eigenvalue weighted by Gasteiger charge is -2.36. The topological polar surface area (TPSA) is 58.3 Å². The van der Waals surface area contributed by atoms with Gasteiger partial charge in [0.2, 0.25) is 0 Å². The van der Waals surface area contributed by atoms with Gasteiger partial charge in [-0.05, 0) is 35.9 Å². The Morgan fingerprint density at radius 3 is 2.74 bits per heavy atom. The number of nitrogens with zero attached hydrogens (tertiary/aromatic N) is 3. The number of hydrogen-bond acceptors (Lipinski definition) is 3. The molecule has 4 rings (SSSR count). The maximum atomic E-state index is 13.3. The van der Waals surface area contributed by atoms with Crippen molar-refractivity contribution in [3.63, 3.8) is 0 Å². The molecule has 1 aliphatic heterocycles. The lowest BCUT2D eigenvalue weighted by molar-refractivity contribution is -0.00317. The number of amides is 1. The molecule has 0 radical (unpaired) electrons. The fourth-order valence-corrected chi connectivity index (χ4v) is 3.72. The van der Waals surface area contributed by atoms with Crippen LogP contribution >= 0.6 is 11.6 Å². The second-order valence-electron chi connectivity index (χ2n) is 6.61. The van der Waals surface area contributed by atoms with Crippen molar-refractivity contribution in [3.8, 4) is 6.07 Å². The van der Waals surface area contributed by atoms with Crippen LogP contribution in [-0.2, 0) is 11.8 Å². The Hall–Kier alpha value is -2.81. The summed E-state index contributed by atoms with van der Waals surface area (Å²) in [5, 5.41) is 10.6. The van der Waals surface area contributed by atoms with Crippen molar-refractivity contribution < 1.29 is 9.53 Å². The van der Waals surface area contributed by atoms with Gasteiger partial charge >= 0.3 is 0 Å². The van der Waals surface area contributed by atoms with Gasteiger partial charge < -0.3 is 14.2 Å². The van der Waals surface area contributed by atoms with Crippen LogP contribution in [0.25, 0.3) is 10.9 Å². The Bertz CT molecular complexity index is 1050. The summed E-state index contributed by atoms with van der Waals surface area (Å²) in [6, 6.07) is 16.8. The van der Waals surface area contributed by atoms with Crippen LogP contribution in [-0.4, -0.2) is 35.1 Å². The quantitative estimate of drug-likeness (QED) is 0.678. The van der Waals surface area contributed by atoms with Gasteiger partial charge in [0.1, 0.15) is 5.69 Å². The van der Waals surface area contributed by atoms with E-state index in [4.69, 9.17) is 21.6 Å². The number of carbonyl (C=O) groups excluding carboxylic acids is 1.